The number of nitrogens with zero attached hydrogens (tertiary/aromatic N) is 1. The highest BCUT2D eigenvalue weighted by Gasteiger charge is 2.03. The number of hydrogen-bond donors (Lipinski definition) is 0. The molecule has 0 aliphatic rings. The van der Waals surface area contributed by atoms with Crippen LogP contribution in [-0.2, 0) is 7.05 Å². The molecule has 2 nitrogen and oxygen atoms in total. The molecule has 0 aliphatic heterocycles. The lowest BCUT2D eigenvalue weighted by atomic mass is 10.2. The van der Waals surface area contributed by atoms with Gasteiger partial charge in [0.15, 0.2) is 0 Å². The average Bonchev–Trinajstić information content (AvgIpc) is 2.31. The van der Waals surface area contributed by atoms with Crippen LogP contribution in [0.1, 0.15) is 13.8 Å². The summed E-state index contributed by atoms with van der Waals surface area (Å²) in [7, 11) is 2.00. The summed E-state index contributed by atoms with van der Waals surface area (Å²) in [6, 6.07) is 0. The Hall–Kier alpha value is -0.570. The van der Waals surface area contributed by atoms with E-state index in [1.807, 2.05) is 23.3 Å². The van der Waals surface area contributed by atoms with Gasteiger partial charge in [0, 0.05) is 0 Å². The van der Waals surface area contributed by atoms with Gasteiger partial charge in [-0.1, -0.05) is 13.8 Å². The molecule has 62 valence electrons. The first kappa shape index (κ1) is 8.53. The highest BCUT2D eigenvalue weighted by Crippen LogP contribution is 2.14. The van der Waals surface area contributed by atoms with Crippen LogP contribution in [-0.4, -0.2) is 6.61 Å². The number of aromatic nitrogens is 1. The third-order valence-corrected chi connectivity index (χ3v) is 2.10. The third-order valence-electron chi connectivity index (χ3n) is 1.20. The highest BCUT2D eigenvalue weighted by atomic mass is 32.1. The van der Waals surface area contributed by atoms with Gasteiger partial charge in [0.05, 0.1) is 6.61 Å². The van der Waals surface area contributed by atoms with E-state index in [9.17, 15) is 0 Å². The van der Waals surface area contributed by atoms with Crippen LogP contribution >= 0.6 is 11.3 Å². The summed E-state index contributed by atoms with van der Waals surface area (Å²) in [5.74, 6) is 0.599. The molecule has 0 unspecified atom stereocenters. The van der Waals surface area contributed by atoms with Gasteiger partial charge >= 0.3 is 0 Å². The summed E-state index contributed by atoms with van der Waals surface area (Å²) >= 11 is 1.63. The Kier molecular flexibility index (Phi) is 2.88. The highest BCUT2D eigenvalue weighted by molar-refractivity contribution is 7.11. The first-order chi connectivity index (χ1) is 5.18. The zero-order valence-corrected chi connectivity index (χ0v) is 8.02. The van der Waals surface area contributed by atoms with Crippen molar-refractivity contribution < 1.29 is 9.30 Å². The number of ether oxygens (including phenoxy) is 1. The van der Waals surface area contributed by atoms with Gasteiger partial charge in [-0.25, -0.2) is 0 Å². The molecule has 1 heterocycles. The van der Waals surface area contributed by atoms with Crippen LogP contribution in [0.4, 0.5) is 0 Å². The van der Waals surface area contributed by atoms with Crippen LogP contribution in [0.2, 0.25) is 0 Å². The van der Waals surface area contributed by atoms with Gasteiger partial charge in [-0.3, -0.25) is 0 Å². The van der Waals surface area contributed by atoms with Crippen molar-refractivity contribution in [1.82, 2.24) is 0 Å². The lowest BCUT2D eigenvalue weighted by Gasteiger charge is -2.02. The van der Waals surface area contributed by atoms with Crippen LogP contribution in [0.5, 0.6) is 5.06 Å². The van der Waals surface area contributed by atoms with E-state index >= 15 is 0 Å². The van der Waals surface area contributed by atoms with Crippen molar-refractivity contribution in [3.8, 4) is 5.06 Å². The quantitative estimate of drug-likeness (QED) is 0.631. The maximum atomic E-state index is 5.49. The molecule has 0 amide bonds. The summed E-state index contributed by atoms with van der Waals surface area (Å²) < 4.78 is 7.49. The standard InChI is InChI=1S/C8H14NOS/c1-7(2)5-10-8-4-9(3)6-11-8/h4,6-7H,5H2,1-3H3/q+1. The molecule has 3 heteroatoms. The fraction of sp³-hybridized carbons (Fsp3) is 0.625. The maximum Gasteiger partial charge on any atom is 0.244 e. The molecule has 0 saturated heterocycles. The normalized spacial score (nSPS) is 10.5. The second-order valence-electron chi connectivity index (χ2n) is 3.04. The predicted molar refractivity (Wildman–Crippen MR) is 45.8 cm³/mol. The molecule has 1 rings (SSSR count). The smallest absolute Gasteiger partial charge is 0.244 e. The van der Waals surface area contributed by atoms with Crippen molar-refractivity contribution in [3.63, 3.8) is 0 Å². The van der Waals surface area contributed by atoms with Crippen molar-refractivity contribution in [2.75, 3.05) is 6.61 Å². The van der Waals surface area contributed by atoms with Crippen molar-refractivity contribution in [3.05, 3.63) is 11.7 Å². The molecule has 0 aliphatic carbocycles. The Labute approximate surface area is 71.4 Å². The molecule has 1 aromatic heterocycles. The van der Waals surface area contributed by atoms with E-state index in [0.29, 0.717) is 5.92 Å². The monoisotopic (exact) mass is 172 g/mol. The molecule has 0 bridgehead atoms. The Balaban J connectivity index is 2.39. The molecular weight excluding hydrogens is 158 g/mol. The number of aryl methyl sites for hydroxylation is 1. The molecule has 0 N–H and O–H groups in total. The SMILES string of the molecule is CC(C)COc1c[n+](C)cs1. The van der Waals surface area contributed by atoms with Gasteiger partial charge in [0.2, 0.25) is 16.8 Å². The van der Waals surface area contributed by atoms with Crippen molar-refractivity contribution in [1.29, 1.82) is 0 Å². The van der Waals surface area contributed by atoms with Crippen molar-refractivity contribution in [2.24, 2.45) is 13.0 Å². The molecule has 0 atom stereocenters. The number of rotatable bonds is 3. The van der Waals surface area contributed by atoms with Gasteiger partial charge < -0.3 is 4.74 Å². The Morgan fingerprint density at radius 2 is 2.36 bits per heavy atom. The first-order valence-electron chi connectivity index (χ1n) is 3.75. The fourth-order valence-corrected chi connectivity index (χ4v) is 1.38. The molecule has 0 radical (unpaired) electrons. The van der Waals surface area contributed by atoms with Crippen LogP contribution in [0.15, 0.2) is 11.7 Å². The van der Waals surface area contributed by atoms with E-state index in [0.717, 1.165) is 11.7 Å². The van der Waals surface area contributed by atoms with E-state index in [4.69, 9.17) is 4.74 Å². The van der Waals surface area contributed by atoms with Gasteiger partial charge in [-0.15, -0.1) is 0 Å². The molecule has 0 aromatic carbocycles. The minimum atomic E-state index is 0.599. The average molecular weight is 172 g/mol. The zero-order chi connectivity index (χ0) is 8.27. The van der Waals surface area contributed by atoms with Gasteiger partial charge in [0.1, 0.15) is 7.05 Å². The van der Waals surface area contributed by atoms with E-state index in [-0.39, 0.29) is 0 Å². The summed E-state index contributed by atoms with van der Waals surface area (Å²) in [6.45, 7) is 5.10. The van der Waals surface area contributed by atoms with Gasteiger partial charge in [0.25, 0.3) is 0 Å². The molecular formula is C8H14NOS+. The second kappa shape index (κ2) is 3.72. The topological polar surface area (TPSA) is 13.1 Å². The Bertz CT molecular complexity index is 220. The van der Waals surface area contributed by atoms with Crippen molar-refractivity contribution >= 4 is 11.3 Å². The molecule has 11 heavy (non-hydrogen) atoms. The lowest BCUT2D eigenvalue weighted by Crippen LogP contribution is -2.22. The van der Waals surface area contributed by atoms with Crippen LogP contribution in [0, 0.1) is 5.92 Å². The zero-order valence-electron chi connectivity index (χ0n) is 7.20. The molecule has 0 spiro atoms. The first-order valence-corrected chi connectivity index (χ1v) is 4.63. The summed E-state index contributed by atoms with van der Waals surface area (Å²) in [5, 5.41) is 1.00. The van der Waals surface area contributed by atoms with Gasteiger partial charge in [-0.2, -0.15) is 4.57 Å². The predicted octanol–water partition coefficient (Wildman–Crippen LogP) is 1.61. The minimum Gasteiger partial charge on any atom is -0.479 e. The maximum absolute atomic E-state index is 5.49. The lowest BCUT2D eigenvalue weighted by molar-refractivity contribution is -0.666. The second-order valence-corrected chi connectivity index (χ2v) is 3.89. The molecule has 0 fully saturated rings. The summed E-state index contributed by atoms with van der Waals surface area (Å²) in [5.41, 5.74) is 2.02. The summed E-state index contributed by atoms with van der Waals surface area (Å²) in [4.78, 5) is 0. The minimum absolute atomic E-state index is 0.599. The molecule has 0 saturated carbocycles. The van der Waals surface area contributed by atoms with E-state index in [1.165, 1.54) is 0 Å². The summed E-state index contributed by atoms with van der Waals surface area (Å²) in [6.07, 6.45) is 1.99. The van der Waals surface area contributed by atoms with E-state index in [1.54, 1.807) is 11.3 Å². The fourth-order valence-electron chi connectivity index (χ4n) is 0.682. The number of hydrogen-bond acceptors (Lipinski definition) is 2. The van der Waals surface area contributed by atoms with Crippen LogP contribution in [0.25, 0.3) is 0 Å². The Morgan fingerprint density at radius 3 is 2.82 bits per heavy atom. The Morgan fingerprint density at radius 1 is 1.64 bits per heavy atom. The third kappa shape index (κ3) is 2.89. The van der Waals surface area contributed by atoms with Gasteiger partial charge in [-0.05, 0) is 17.3 Å². The van der Waals surface area contributed by atoms with Crippen LogP contribution in [0.3, 0.4) is 0 Å². The van der Waals surface area contributed by atoms with E-state index < -0.39 is 0 Å². The van der Waals surface area contributed by atoms with Crippen LogP contribution < -0.4 is 9.30 Å². The van der Waals surface area contributed by atoms with E-state index in [2.05, 4.69) is 13.8 Å². The largest absolute Gasteiger partial charge is 0.479 e. The molecule has 1 aromatic rings. The number of thiazole rings is 1. The van der Waals surface area contributed by atoms with Crippen molar-refractivity contribution in [2.45, 2.75) is 13.8 Å².